The van der Waals surface area contributed by atoms with E-state index in [1.807, 2.05) is 29.2 Å². The van der Waals surface area contributed by atoms with Gasteiger partial charge in [-0.25, -0.2) is 4.98 Å². The SMILES string of the molecule is COCCN(C(=O)c1cc(Cl)c2ccccc2n1)C1CC1. The summed E-state index contributed by atoms with van der Waals surface area (Å²) in [5, 5.41) is 1.43. The smallest absolute Gasteiger partial charge is 0.272 e. The van der Waals surface area contributed by atoms with Gasteiger partial charge in [0, 0.05) is 25.1 Å². The number of carbonyl (C=O) groups excluding carboxylic acids is 1. The number of methoxy groups -OCH3 is 1. The Hall–Kier alpha value is -1.65. The molecule has 0 aliphatic heterocycles. The molecule has 0 radical (unpaired) electrons. The van der Waals surface area contributed by atoms with Crippen molar-refractivity contribution in [3.63, 3.8) is 0 Å². The molecule has 1 aliphatic carbocycles. The number of hydrogen-bond donors (Lipinski definition) is 0. The zero-order valence-electron chi connectivity index (χ0n) is 11.9. The highest BCUT2D eigenvalue weighted by atomic mass is 35.5. The number of carbonyl (C=O) groups is 1. The lowest BCUT2D eigenvalue weighted by molar-refractivity contribution is 0.0675. The maximum Gasteiger partial charge on any atom is 0.272 e. The van der Waals surface area contributed by atoms with Crippen molar-refractivity contribution in [2.75, 3.05) is 20.3 Å². The Labute approximate surface area is 128 Å². The minimum atomic E-state index is -0.0674. The van der Waals surface area contributed by atoms with E-state index < -0.39 is 0 Å². The molecule has 1 aliphatic rings. The zero-order valence-corrected chi connectivity index (χ0v) is 12.6. The lowest BCUT2D eigenvalue weighted by atomic mass is 10.2. The largest absolute Gasteiger partial charge is 0.383 e. The second-order valence-corrected chi connectivity index (χ2v) is 5.64. The van der Waals surface area contributed by atoms with E-state index in [0.717, 1.165) is 23.7 Å². The van der Waals surface area contributed by atoms with E-state index in [1.54, 1.807) is 13.2 Å². The van der Waals surface area contributed by atoms with E-state index in [9.17, 15) is 4.79 Å². The van der Waals surface area contributed by atoms with Gasteiger partial charge in [0.15, 0.2) is 0 Å². The summed E-state index contributed by atoms with van der Waals surface area (Å²) in [6.07, 6.45) is 2.10. The van der Waals surface area contributed by atoms with Crippen molar-refractivity contribution < 1.29 is 9.53 Å². The van der Waals surface area contributed by atoms with Gasteiger partial charge in [-0.2, -0.15) is 0 Å². The van der Waals surface area contributed by atoms with Gasteiger partial charge in [0.05, 0.1) is 17.1 Å². The lowest BCUT2D eigenvalue weighted by Gasteiger charge is -2.21. The molecule has 5 heteroatoms. The van der Waals surface area contributed by atoms with Crippen LogP contribution in [0.5, 0.6) is 0 Å². The number of benzene rings is 1. The van der Waals surface area contributed by atoms with Crippen molar-refractivity contribution in [1.82, 2.24) is 9.88 Å². The van der Waals surface area contributed by atoms with Crippen LogP contribution in [0.2, 0.25) is 5.02 Å². The van der Waals surface area contributed by atoms with E-state index in [2.05, 4.69) is 4.98 Å². The molecular weight excluding hydrogens is 288 g/mol. The summed E-state index contributed by atoms with van der Waals surface area (Å²) in [5.74, 6) is -0.0674. The van der Waals surface area contributed by atoms with Crippen LogP contribution in [-0.4, -0.2) is 42.1 Å². The minimum Gasteiger partial charge on any atom is -0.383 e. The average molecular weight is 305 g/mol. The highest BCUT2D eigenvalue weighted by molar-refractivity contribution is 6.35. The molecule has 21 heavy (non-hydrogen) atoms. The normalized spacial score (nSPS) is 14.4. The van der Waals surface area contributed by atoms with Crippen molar-refractivity contribution in [3.8, 4) is 0 Å². The monoisotopic (exact) mass is 304 g/mol. The lowest BCUT2D eigenvalue weighted by Crippen LogP contribution is -2.36. The van der Waals surface area contributed by atoms with Gasteiger partial charge < -0.3 is 9.64 Å². The van der Waals surface area contributed by atoms with Crippen LogP contribution in [0.25, 0.3) is 10.9 Å². The topological polar surface area (TPSA) is 42.4 Å². The van der Waals surface area contributed by atoms with Crippen LogP contribution in [0.3, 0.4) is 0 Å². The molecule has 4 nitrogen and oxygen atoms in total. The molecule has 0 saturated heterocycles. The number of para-hydroxylation sites is 1. The van der Waals surface area contributed by atoms with Crippen molar-refractivity contribution in [1.29, 1.82) is 0 Å². The molecule has 0 bridgehead atoms. The number of amides is 1. The third-order valence-electron chi connectivity index (χ3n) is 3.67. The maximum atomic E-state index is 12.7. The molecule has 1 fully saturated rings. The number of aromatic nitrogens is 1. The summed E-state index contributed by atoms with van der Waals surface area (Å²) in [5.41, 5.74) is 1.15. The van der Waals surface area contributed by atoms with Crippen LogP contribution < -0.4 is 0 Å². The maximum absolute atomic E-state index is 12.7. The molecule has 0 N–H and O–H groups in total. The third kappa shape index (κ3) is 3.01. The Morgan fingerprint density at radius 2 is 2.19 bits per heavy atom. The predicted molar refractivity (Wildman–Crippen MR) is 82.7 cm³/mol. The van der Waals surface area contributed by atoms with Gasteiger partial charge in [-0.15, -0.1) is 0 Å². The van der Waals surface area contributed by atoms with Crippen LogP contribution in [0.1, 0.15) is 23.3 Å². The summed E-state index contributed by atoms with van der Waals surface area (Å²) < 4.78 is 5.09. The summed E-state index contributed by atoms with van der Waals surface area (Å²) >= 11 is 6.28. The fraction of sp³-hybridized carbons (Fsp3) is 0.375. The molecule has 1 saturated carbocycles. The summed E-state index contributed by atoms with van der Waals surface area (Å²) in [6.45, 7) is 1.12. The Bertz CT molecular complexity index is 670. The second kappa shape index (κ2) is 6.00. The molecular formula is C16H17ClN2O2. The van der Waals surface area contributed by atoms with E-state index in [4.69, 9.17) is 16.3 Å². The second-order valence-electron chi connectivity index (χ2n) is 5.23. The highest BCUT2D eigenvalue weighted by Crippen LogP contribution is 2.29. The molecule has 0 atom stereocenters. The van der Waals surface area contributed by atoms with E-state index in [0.29, 0.717) is 29.9 Å². The van der Waals surface area contributed by atoms with Crippen molar-refractivity contribution >= 4 is 28.4 Å². The molecule has 0 spiro atoms. The quantitative estimate of drug-likeness (QED) is 0.852. The fourth-order valence-electron chi connectivity index (χ4n) is 2.42. The van der Waals surface area contributed by atoms with Crippen LogP contribution in [0.4, 0.5) is 0 Å². The fourth-order valence-corrected chi connectivity index (χ4v) is 2.68. The van der Waals surface area contributed by atoms with Gasteiger partial charge in [-0.3, -0.25) is 4.79 Å². The first-order valence-corrected chi connectivity index (χ1v) is 7.43. The number of hydrogen-bond acceptors (Lipinski definition) is 3. The first-order valence-electron chi connectivity index (χ1n) is 7.06. The summed E-state index contributed by atoms with van der Waals surface area (Å²) in [7, 11) is 1.64. The van der Waals surface area contributed by atoms with Crippen LogP contribution in [0.15, 0.2) is 30.3 Å². The Kier molecular flexibility index (Phi) is 4.08. The molecule has 1 heterocycles. The van der Waals surface area contributed by atoms with Crippen LogP contribution in [0, 0.1) is 0 Å². The number of ether oxygens (including phenoxy) is 1. The van der Waals surface area contributed by atoms with Gasteiger partial charge in [-0.05, 0) is 25.0 Å². The van der Waals surface area contributed by atoms with E-state index in [1.165, 1.54) is 0 Å². The van der Waals surface area contributed by atoms with Gasteiger partial charge in [0.2, 0.25) is 0 Å². The molecule has 110 valence electrons. The number of rotatable bonds is 5. The number of halogens is 1. The summed E-state index contributed by atoms with van der Waals surface area (Å²) in [4.78, 5) is 19.0. The van der Waals surface area contributed by atoms with Crippen molar-refractivity contribution in [2.45, 2.75) is 18.9 Å². The van der Waals surface area contributed by atoms with Crippen LogP contribution >= 0.6 is 11.6 Å². The molecule has 1 aromatic heterocycles. The van der Waals surface area contributed by atoms with Gasteiger partial charge in [-0.1, -0.05) is 29.8 Å². The molecule has 3 rings (SSSR count). The first kappa shape index (κ1) is 14.3. The standard InChI is InChI=1S/C16H17ClN2O2/c1-21-9-8-19(11-6-7-11)16(20)15-10-13(17)12-4-2-3-5-14(12)18-15/h2-5,10-11H,6-9H2,1H3. The highest BCUT2D eigenvalue weighted by Gasteiger charge is 2.33. The van der Waals surface area contributed by atoms with Crippen LogP contribution in [-0.2, 0) is 4.74 Å². The Morgan fingerprint density at radius 1 is 1.43 bits per heavy atom. The van der Waals surface area contributed by atoms with Crippen molar-refractivity contribution in [3.05, 3.63) is 41.0 Å². The van der Waals surface area contributed by atoms with Gasteiger partial charge >= 0.3 is 0 Å². The van der Waals surface area contributed by atoms with E-state index >= 15 is 0 Å². The first-order chi connectivity index (χ1) is 10.2. The predicted octanol–water partition coefficient (Wildman–Crippen LogP) is 3.14. The summed E-state index contributed by atoms with van der Waals surface area (Å²) in [6, 6.07) is 9.56. The molecule has 1 aromatic carbocycles. The van der Waals surface area contributed by atoms with Crippen molar-refractivity contribution in [2.24, 2.45) is 0 Å². The number of nitrogens with zero attached hydrogens (tertiary/aromatic N) is 2. The third-order valence-corrected chi connectivity index (χ3v) is 3.98. The minimum absolute atomic E-state index is 0.0674. The number of fused-ring (bicyclic) bond motifs is 1. The molecule has 2 aromatic rings. The molecule has 1 amide bonds. The van der Waals surface area contributed by atoms with E-state index in [-0.39, 0.29) is 5.91 Å². The Balaban J connectivity index is 1.92. The Morgan fingerprint density at radius 3 is 2.90 bits per heavy atom. The van der Waals surface area contributed by atoms with Gasteiger partial charge in [0.25, 0.3) is 5.91 Å². The zero-order chi connectivity index (χ0) is 14.8. The van der Waals surface area contributed by atoms with Gasteiger partial charge in [0.1, 0.15) is 5.69 Å². The number of pyridine rings is 1. The molecule has 0 unspecified atom stereocenters. The average Bonchev–Trinajstić information content (AvgIpc) is 3.32.